The maximum Gasteiger partial charge on any atom is 0.0314 e. The monoisotopic (exact) mass is 209 g/mol. The van der Waals surface area contributed by atoms with Crippen LogP contribution in [0, 0.1) is 34.5 Å². The second-order valence-corrected chi connectivity index (χ2v) is 7.26. The molecule has 0 aliphatic heterocycles. The normalized spacial score (nSPS) is 55.5. The Morgan fingerprint density at radius 1 is 1.13 bits per heavy atom. The van der Waals surface area contributed by atoms with E-state index in [9.17, 15) is 0 Å². The highest BCUT2D eigenvalue weighted by Crippen LogP contribution is 2.68. The van der Waals surface area contributed by atoms with Gasteiger partial charge in [-0.25, -0.2) is 0 Å². The van der Waals surface area contributed by atoms with Gasteiger partial charge < -0.3 is 0 Å². The summed E-state index contributed by atoms with van der Waals surface area (Å²) in [4.78, 5) is 0. The largest absolute Gasteiger partial charge is 0.0625 e. The molecule has 0 heterocycles. The molecule has 0 heteroatoms. The first kappa shape index (κ1) is 10.2. The minimum atomic E-state index is -0.137. The highest BCUT2D eigenvalue weighted by atomic mass is 14.6. The molecule has 0 aromatic heterocycles. The first-order chi connectivity index (χ1) is 7.16. The first-order valence-electron chi connectivity index (χ1n) is 7.16. The fourth-order valence-corrected chi connectivity index (χ4v) is 4.62. The molecule has 15 heavy (non-hydrogen) atoms. The molecule has 3 rings (SSSR count). The van der Waals surface area contributed by atoms with E-state index in [0.29, 0.717) is 17.3 Å². The molecule has 4 atom stereocenters. The summed E-state index contributed by atoms with van der Waals surface area (Å²) in [7, 11) is 0. The summed E-state index contributed by atoms with van der Waals surface area (Å²) in [5, 5.41) is 0. The lowest BCUT2D eigenvalue weighted by Crippen LogP contribution is -2.57. The lowest BCUT2D eigenvalue weighted by molar-refractivity contribution is -0.165. The van der Waals surface area contributed by atoms with Gasteiger partial charge in [-0.2, -0.15) is 0 Å². The molecule has 0 radical (unpaired) electrons. The van der Waals surface area contributed by atoms with Crippen molar-refractivity contribution in [2.75, 3.05) is 0 Å². The molecule has 3 aliphatic rings. The molecule has 0 N–H and O–H groups in total. The molecule has 3 aliphatic carbocycles. The van der Waals surface area contributed by atoms with Gasteiger partial charge >= 0.3 is 0 Å². The van der Waals surface area contributed by atoms with E-state index in [1.165, 1.54) is 19.3 Å². The molecule has 4 unspecified atom stereocenters. The van der Waals surface area contributed by atoms with Gasteiger partial charge in [-0.3, -0.25) is 0 Å². The second kappa shape index (κ2) is 3.25. The van der Waals surface area contributed by atoms with E-state index in [0.717, 1.165) is 5.92 Å². The van der Waals surface area contributed by atoms with Crippen molar-refractivity contribution in [1.82, 2.24) is 0 Å². The lowest BCUT2D eigenvalue weighted by atomic mass is 9.39. The van der Waals surface area contributed by atoms with E-state index in [1.807, 2.05) is 0 Å². The zero-order valence-electron chi connectivity index (χ0n) is 12.4. The molecule has 0 spiro atoms. The predicted molar refractivity (Wildman–Crippen MR) is 66.7 cm³/mol. The van der Waals surface area contributed by atoms with Crippen molar-refractivity contribution in [2.45, 2.75) is 60.8 Å². The van der Waals surface area contributed by atoms with Crippen molar-refractivity contribution >= 4 is 0 Å². The number of hydrogen-bond donors (Lipinski definition) is 0. The summed E-state index contributed by atoms with van der Waals surface area (Å²) in [5.41, 5.74) is 0.764. The lowest BCUT2D eigenvalue weighted by Gasteiger charge is -2.66. The van der Waals surface area contributed by atoms with E-state index in [4.69, 9.17) is 1.37 Å². The summed E-state index contributed by atoms with van der Waals surface area (Å²) in [6.45, 7) is 14.0. The Morgan fingerprint density at radius 2 is 1.73 bits per heavy atom. The van der Waals surface area contributed by atoms with Crippen LogP contribution in [-0.2, 0) is 0 Å². The van der Waals surface area contributed by atoms with Gasteiger partial charge in [0.05, 0.1) is 0 Å². The summed E-state index contributed by atoms with van der Waals surface area (Å²) >= 11 is 0. The summed E-state index contributed by atoms with van der Waals surface area (Å²) in [6.07, 6.45) is 3.84. The average Bonchev–Trinajstić information content (AvgIpc) is 2.14. The van der Waals surface area contributed by atoms with Crippen LogP contribution in [-0.4, -0.2) is 0 Å². The van der Waals surface area contributed by atoms with E-state index in [2.05, 4.69) is 41.5 Å². The third kappa shape index (κ3) is 1.56. The van der Waals surface area contributed by atoms with Gasteiger partial charge in [0, 0.05) is 1.37 Å². The Hall–Kier alpha value is 0. The summed E-state index contributed by atoms with van der Waals surface area (Å²) in [6, 6.07) is 0. The highest BCUT2D eigenvalue weighted by molar-refractivity contribution is 5.09. The van der Waals surface area contributed by atoms with Crippen LogP contribution in [0.1, 0.15) is 62.2 Å². The predicted octanol–water partition coefficient (Wildman–Crippen LogP) is 4.74. The number of rotatable bonds is 2. The Morgan fingerprint density at radius 3 is 2.13 bits per heavy atom. The molecule has 0 aromatic carbocycles. The van der Waals surface area contributed by atoms with Crippen LogP contribution in [0.3, 0.4) is 0 Å². The van der Waals surface area contributed by atoms with Gasteiger partial charge in [0.15, 0.2) is 0 Å². The molecule has 0 aromatic rings. The molecule has 0 saturated heterocycles. The van der Waals surface area contributed by atoms with E-state index in [1.54, 1.807) is 0 Å². The molecule has 3 fully saturated rings. The van der Waals surface area contributed by atoms with Gasteiger partial charge in [0.2, 0.25) is 0 Å². The molecule has 88 valence electrons. The van der Waals surface area contributed by atoms with Crippen LogP contribution >= 0.6 is 0 Å². The third-order valence-corrected chi connectivity index (χ3v) is 5.36. The molecule has 2 bridgehead atoms. The fourth-order valence-electron chi connectivity index (χ4n) is 4.62. The zero-order valence-corrected chi connectivity index (χ0v) is 11.4. The van der Waals surface area contributed by atoms with Crippen LogP contribution in [0.15, 0.2) is 0 Å². The standard InChI is InChI=1S/C15H28/c1-10(2)13-12-7-14(5,11(3)4)9-15(13,6)8-12/h10-13H,7-9H2,1-6H3/i13D. The quantitative estimate of drug-likeness (QED) is 0.616. The van der Waals surface area contributed by atoms with Crippen molar-refractivity contribution in [3.8, 4) is 0 Å². The van der Waals surface area contributed by atoms with Gasteiger partial charge in [0.1, 0.15) is 0 Å². The SMILES string of the molecule is [2H]C1(C(C)C)C2CC(C)(C(C)C)CC1(C)C2. The number of hydrogen-bond acceptors (Lipinski definition) is 0. The highest BCUT2D eigenvalue weighted by Gasteiger charge is 2.59. The van der Waals surface area contributed by atoms with E-state index in [-0.39, 0.29) is 11.3 Å². The van der Waals surface area contributed by atoms with Crippen LogP contribution < -0.4 is 0 Å². The number of fused-ring (bicyclic) bond motifs is 2. The van der Waals surface area contributed by atoms with E-state index >= 15 is 0 Å². The van der Waals surface area contributed by atoms with Gasteiger partial charge in [-0.05, 0) is 53.7 Å². The van der Waals surface area contributed by atoms with E-state index < -0.39 is 0 Å². The summed E-state index contributed by atoms with van der Waals surface area (Å²) in [5.74, 6) is 1.78. The Bertz CT molecular complexity index is 296. The van der Waals surface area contributed by atoms with Crippen molar-refractivity contribution in [3.05, 3.63) is 0 Å². The third-order valence-electron chi connectivity index (χ3n) is 5.36. The first-order valence-corrected chi connectivity index (χ1v) is 6.66. The van der Waals surface area contributed by atoms with Crippen molar-refractivity contribution in [1.29, 1.82) is 0 Å². The molecular weight excluding hydrogens is 180 g/mol. The van der Waals surface area contributed by atoms with Crippen molar-refractivity contribution in [2.24, 2.45) is 34.5 Å². The molecular formula is C15H28. The van der Waals surface area contributed by atoms with Crippen LogP contribution in [0.4, 0.5) is 0 Å². The van der Waals surface area contributed by atoms with Crippen molar-refractivity contribution in [3.63, 3.8) is 0 Å². The minimum Gasteiger partial charge on any atom is -0.0625 e. The second-order valence-electron chi connectivity index (χ2n) is 7.26. The Balaban J connectivity index is 2.27. The fraction of sp³-hybridized carbons (Fsp3) is 1.00. The van der Waals surface area contributed by atoms with Crippen LogP contribution in [0.25, 0.3) is 0 Å². The maximum atomic E-state index is 8.85. The molecule has 0 amide bonds. The Kier molecular flexibility index (Phi) is 2.20. The van der Waals surface area contributed by atoms with Crippen molar-refractivity contribution < 1.29 is 1.37 Å². The van der Waals surface area contributed by atoms with Gasteiger partial charge in [0.25, 0.3) is 0 Å². The Labute approximate surface area is 97.2 Å². The van der Waals surface area contributed by atoms with Gasteiger partial charge in [-0.15, -0.1) is 0 Å². The maximum absolute atomic E-state index is 8.85. The topological polar surface area (TPSA) is 0 Å². The smallest absolute Gasteiger partial charge is 0.0314 e. The van der Waals surface area contributed by atoms with Gasteiger partial charge in [-0.1, -0.05) is 41.5 Å². The molecule has 3 saturated carbocycles. The van der Waals surface area contributed by atoms with Crippen LogP contribution in [0.5, 0.6) is 0 Å². The average molecular weight is 209 g/mol. The minimum absolute atomic E-state index is 0.137. The summed E-state index contributed by atoms with van der Waals surface area (Å²) < 4.78 is 8.85. The molecule has 0 nitrogen and oxygen atoms in total. The van der Waals surface area contributed by atoms with Crippen LogP contribution in [0.2, 0.25) is 0 Å². The zero-order chi connectivity index (χ0) is 12.4.